The van der Waals surface area contributed by atoms with Crippen LogP contribution in [0.3, 0.4) is 0 Å². The zero-order chi connectivity index (χ0) is 14.5. The largest absolute Gasteiger partial charge is 0.327 e. The minimum Gasteiger partial charge on any atom is -0.327 e. The Morgan fingerprint density at radius 1 is 1.35 bits per heavy atom. The molecule has 1 atom stereocenters. The van der Waals surface area contributed by atoms with Crippen molar-refractivity contribution in [3.8, 4) is 0 Å². The Balaban J connectivity index is 2.20. The number of nitrogens with zero attached hydrogens (tertiary/aromatic N) is 2. The summed E-state index contributed by atoms with van der Waals surface area (Å²) < 4.78 is 13.7. The maximum atomic E-state index is 13.7. The van der Waals surface area contributed by atoms with Crippen LogP contribution in [-0.4, -0.2) is 16.0 Å². The smallest absolute Gasteiger partial charge is 0.133 e. The lowest BCUT2D eigenvalue weighted by Crippen LogP contribution is -2.22. The van der Waals surface area contributed by atoms with Crippen LogP contribution in [0, 0.1) is 5.82 Å². The second-order valence-corrected chi connectivity index (χ2v) is 5.12. The third kappa shape index (κ3) is 3.74. The summed E-state index contributed by atoms with van der Waals surface area (Å²) in [5, 5.41) is 0.393. The van der Waals surface area contributed by atoms with Gasteiger partial charge in [-0.1, -0.05) is 24.6 Å². The molecular formula is C15H17ClFN3. The van der Waals surface area contributed by atoms with E-state index in [0.717, 1.165) is 12.1 Å². The third-order valence-corrected chi connectivity index (χ3v) is 3.51. The molecule has 0 spiro atoms. The van der Waals surface area contributed by atoms with E-state index in [0.29, 0.717) is 22.8 Å². The molecule has 0 saturated carbocycles. The zero-order valence-electron chi connectivity index (χ0n) is 11.3. The lowest BCUT2D eigenvalue weighted by molar-refractivity contribution is 0.610. The predicted octanol–water partition coefficient (Wildman–Crippen LogP) is 3.14. The molecule has 0 amide bonds. The van der Waals surface area contributed by atoms with Crippen LogP contribution in [0.5, 0.6) is 0 Å². The number of rotatable bonds is 5. The molecule has 1 aromatic carbocycles. The number of nitrogens with two attached hydrogens (primary N) is 1. The monoisotopic (exact) mass is 293 g/mol. The summed E-state index contributed by atoms with van der Waals surface area (Å²) in [6.45, 7) is 2.03. The number of halogens is 2. The lowest BCUT2D eigenvalue weighted by Gasteiger charge is -2.09. The molecule has 0 aliphatic carbocycles. The fourth-order valence-electron chi connectivity index (χ4n) is 1.91. The number of hydrogen-bond acceptors (Lipinski definition) is 3. The summed E-state index contributed by atoms with van der Waals surface area (Å²) in [5.41, 5.74) is 7.21. The van der Waals surface area contributed by atoms with Gasteiger partial charge < -0.3 is 5.73 Å². The van der Waals surface area contributed by atoms with Crippen molar-refractivity contribution in [1.82, 2.24) is 9.97 Å². The highest BCUT2D eigenvalue weighted by atomic mass is 35.5. The van der Waals surface area contributed by atoms with E-state index in [9.17, 15) is 4.39 Å². The van der Waals surface area contributed by atoms with Gasteiger partial charge in [0.1, 0.15) is 11.6 Å². The highest BCUT2D eigenvalue weighted by molar-refractivity contribution is 6.31. The van der Waals surface area contributed by atoms with E-state index in [4.69, 9.17) is 17.3 Å². The maximum Gasteiger partial charge on any atom is 0.133 e. The SMILES string of the molecule is CCC(N)Cc1ccnc(Cc2c(F)cccc2Cl)n1. The van der Waals surface area contributed by atoms with Crippen LogP contribution >= 0.6 is 11.6 Å². The summed E-state index contributed by atoms with van der Waals surface area (Å²) in [6, 6.07) is 6.55. The van der Waals surface area contributed by atoms with Gasteiger partial charge in [0.25, 0.3) is 0 Å². The molecule has 1 unspecified atom stereocenters. The first kappa shape index (κ1) is 14.9. The Morgan fingerprint density at radius 3 is 2.85 bits per heavy atom. The Kier molecular flexibility index (Phi) is 5.04. The van der Waals surface area contributed by atoms with Gasteiger partial charge in [-0.15, -0.1) is 0 Å². The Labute approximate surface area is 123 Å². The van der Waals surface area contributed by atoms with Crippen LogP contribution in [0.25, 0.3) is 0 Å². The van der Waals surface area contributed by atoms with Crippen LogP contribution in [0.15, 0.2) is 30.5 Å². The molecule has 2 N–H and O–H groups in total. The molecular weight excluding hydrogens is 277 g/mol. The summed E-state index contributed by atoms with van der Waals surface area (Å²) in [5.74, 6) is 0.217. The van der Waals surface area contributed by atoms with Crippen molar-refractivity contribution in [1.29, 1.82) is 0 Å². The molecule has 0 radical (unpaired) electrons. The van der Waals surface area contributed by atoms with Crippen LogP contribution < -0.4 is 5.73 Å². The minimum absolute atomic E-state index is 0.0785. The number of hydrogen-bond donors (Lipinski definition) is 1. The summed E-state index contributed by atoms with van der Waals surface area (Å²) in [4.78, 5) is 8.59. The average molecular weight is 294 g/mol. The van der Waals surface area contributed by atoms with Gasteiger partial charge in [0.15, 0.2) is 0 Å². The molecule has 3 nitrogen and oxygen atoms in total. The molecule has 0 bridgehead atoms. The number of aromatic nitrogens is 2. The number of benzene rings is 1. The second-order valence-electron chi connectivity index (χ2n) is 4.71. The maximum absolute atomic E-state index is 13.7. The van der Waals surface area contributed by atoms with Crippen LogP contribution in [-0.2, 0) is 12.8 Å². The second kappa shape index (κ2) is 6.77. The summed E-state index contributed by atoms with van der Waals surface area (Å²) in [7, 11) is 0. The molecule has 0 saturated heterocycles. The zero-order valence-corrected chi connectivity index (χ0v) is 12.1. The molecule has 2 rings (SSSR count). The van der Waals surface area contributed by atoms with E-state index in [1.54, 1.807) is 18.3 Å². The highest BCUT2D eigenvalue weighted by Crippen LogP contribution is 2.21. The van der Waals surface area contributed by atoms with Crippen molar-refractivity contribution in [2.75, 3.05) is 0 Å². The third-order valence-electron chi connectivity index (χ3n) is 3.16. The van der Waals surface area contributed by atoms with E-state index < -0.39 is 0 Å². The first-order valence-corrected chi connectivity index (χ1v) is 6.97. The predicted molar refractivity (Wildman–Crippen MR) is 78.2 cm³/mol. The van der Waals surface area contributed by atoms with Gasteiger partial charge in [-0.2, -0.15) is 0 Å². The van der Waals surface area contributed by atoms with Crippen molar-refractivity contribution in [3.05, 3.63) is 58.4 Å². The Hall–Kier alpha value is -1.52. The van der Waals surface area contributed by atoms with Crippen molar-refractivity contribution in [2.24, 2.45) is 5.73 Å². The van der Waals surface area contributed by atoms with Crippen molar-refractivity contribution < 1.29 is 4.39 Å². The fraction of sp³-hybridized carbons (Fsp3) is 0.333. The molecule has 1 heterocycles. The molecule has 106 valence electrons. The molecule has 0 fully saturated rings. The van der Waals surface area contributed by atoms with Crippen molar-refractivity contribution >= 4 is 11.6 Å². The van der Waals surface area contributed by atoms with Crippen LogP contribution in [0.1, 0.15) is 30.4 Å². The van der Waals surface area contributed by atoms with Crippen LogP contribution in [0.2, 0.25) is 5.02 Å². The van der Waals surface area contributed by atoms with E-state index in [1.807, 2.05) is 13.0 Å². The molecule has 5 heteroatoms. The van der Waals surface area contributed by atoms with E-state index in [1.165, 1.54) is 6.07 Å². The molecule has 0 aliphatic rings. The lowest BCUT2D eigenvalue weighted by atomic mass is 10.1. The summed E-state index contributed by atoms with van der Waals surface area (Å²) >= 11 is 6.01. The van der Waals surface area contributed by atoms with Crippen molar-refractivity contribution in [3.63, 3.8) is 0 Å². The molecule has 2 aromatic rings. The highest BCUT2D eigenvalue weighted by Gasteiger charge is 2.10. The first-order chi connectivity index (χ1) is 9.60. The molecule has 20 heavy (non-hydrogen) atoms. The van der Waals surface area contributed by atoms with Crippen LogP contribution in [0.4, 0.5) is 4.39 Å². The quantitative estimate of drug-likeness (QED) is 0.921. The summed E-state index contributed by atoms with van der Waals surface area (Å²) in [6.07, 6.45) is 3.53. The Morgan fingerprint density at radius 2 is 2.15 bits per heavy atom. The topological polar surface area (TPSA) is 51.8 Å². The van der Waals surface area contributed by atoms with E-state index in [-0.39, 0.29) is 18.3 Å². The first-order valence-electron chi connectivity index (χ1n) is 6.59. The minimum atomic E-state index is -0.336. The molecule has 1 aromatic heterocycles. The van der Waals surface area contributed by atoms with Gasteiger partial charge >= 0.3 is 0 Å². The van der Waals surface area contributed by atoms with E-state index >= 15 is 0 Å². The Bertz CT molecular complexity index is 569. The van der Waals surface area contributed by atoms with Gasteiger partial charge in [0.2, 0.25) is 0 Å². The van der Waals surface area contributed by atoms with Gasteiger partial charge in [0, 0.05) is 41.4 Å². The standard InChI is InChI=1S/C15H17ClFN3/c1-2-10(18)8-11-6-7-19-15(20-11)9-12-13(16)4-3-5-14(12)17/h3-7,10H,2,8-9,18H2,1H3. The normalized spacial score (nSPS) is 12.4. The average Bonchev–Trinajstić information content (AvgIpc) is 2.43. The van der Waals surface area contributed by atoms with Gasteiger partial charge in [0.05, 0.1) is 0 Å². The van der Waals surface area contributed by atoms with Crippen molar-refractivity contribution in [2.45, 2.75) is 32.2 Å². The van der Waals surface area contributed by atoms with Gasteiger partial charge in [-0.25, -0.2) is 14.4 Å². The van der Waals surface area contributed by atoms with Gasteiger partial charge in [-0.3, -0.25) is 0 Å². The molecule has 0 aliphatic heterocycles. The fourth-order valence-corrected chi connectivity index (χ4v) is 2.14. The van der Waals surface area contributed by atoms with Gasteiger partial charge in [-0.05, 0) is 24.6 Å². The van der Waals surface area contributed by atoms with E-state index in [2.05, 4.69) is 9.97 Å².